The predicted molar refractivity (Wildman–Crippen MR) is 106 cm³/mol. The van der Waals surface area contributed by atoms with E-state index in [0.717, 1.165) is 35.9 Å². The van der Waals surface area contributed by atoms with Crippen LogP contribution in [-0.4, -0.2) is 24.9 Å². The van der Waals surface area contributed by atoms with Crippen LogP contribution in [0.1, 0.15) is 45.0 Å². The molecule has 4 aromatic rings. The molecular formula is C19H21ClN6O2. The van der Waals surface area contributed by atoms with Crippen molar-refractivity contribution in [1.29, 1.82) is 0 Å². The van der Waals surface area contributed by atoms with Crippen LogP contribution in [0.25, 0.3) is 33.9 Å². The minimum absolute atomic E-state index is 0. The van der Waals surface area contributed by atoms with E-state index in [1.165, 1.54) is 0 Å². The van der Waals surface area contributed by atoms with Gasteiger partial charge in [0.1, 0.15) is 5.69 Å². The van der Waals surface area contributed by atoms with Gasteiger partial charge in [0.05, 0.1) is 28.9 Å². The third kappa shape index (κ3) is 2.80. The van der Waals surface area contributed by atoms with Crippen molar-refractivity contribution in [2.24, 2.45) is 5.73 Å². The molecule has 146 valence electrons. The van der Waals surface area contributed by atoms with Gasteiger partial charge in [0.15, 0.2) is 17.2 Å². The van der Waals surface area contributed by atoms with Crippen molar-refractivity contribution in [2.75, 3.05) is 0 Å². The van der Waals surface area contributed by atoms with Crippen molar-refractivity contribution in [3.8, 4) is 22.9 Å². The molecule has 0 spiro atoms. The molecule has 4 aromatic heterocycles. The van der Waals surface area contributed by atoms with Crippen LogP contribution in [0.2, 0.25) is 0 Å². The van der Waals surface area contributed by atoms with Crippen LogP contribution >= 0.6 is 12.4 Å². The highest BCUT2D eigenvalue weighted by atomic mass is 35.5. The molecule has 0 radical (unpaired) electrons. The van der Waals surface area contributed by atoms with Crippen LogP contribution in [0.15, 0.2) is 39.6 Å². The van der Waals surface area contributed by atoms with E-state index in [2.05, 4.69) is 29.1 Å². The molecule has 2 N–H and O–H groups in total. The second kappa shape index (κ2) is 6.72. The predicted octanol–water partition coefficient (Wildman–Crippen LogP) is 4.08. The number of hydrogen-bond acceptors (Lipinski definition) is 7. The second-order valence-electron chi connectivity index (χ2n) is 7.39. The van der Waals surface area contributed by atoms with Gasteiger partial charge in [-0.15, -0.1) is 12.4 Å². The Hall–Kier alpha value is -2.71. The Balaban J connectivity index is 0.00000192. The summed E-state index contributed by atoms with van der Waals surface area (Å²) in [6, 6.07) is 5.76. The largest absolute Gasteiger partial charge is 0.463 e. The van der Waals surface area contributed by atoms with E-state index in [1.807, 2.05) is 22.9 Å². The molecule has 1 saturated carbocycles. The van der Waals surface area contributed by atoms with Crippen LogP contribution in [0.4, 0.5) is 0 Å². The highest BCUT2D eigenvalue weighted by Crippen LogP contribution is 2.39. The van der Waals surface area contributed by atoms with Gasteiger partial charge in [0.2, 0.25) is 0 Å². The van der Waals surface area contributed by atoms with Gasteiger partial charge in [-0.1, -0.05) is 5.16 Å². The van der Waals surface area contributed by atoms with Gasteiger partial charge in [-0.3, -0.25) is 0 Å². The van der Waals surface area contributed by atoms with Crippen LogP contribution in [0, 0.1) is 0 Å². The lowest BCUT2D eigenvalue weighted by Crippen LogP contribution is -2.44. The fraction of sp³-hybridized carbons (Fsp3) is 0.368. The van der Waals surface area contributed by atoms with E-state index in [9.17, 15) is 0 Å². The molecule has 0 aromatic carbocycles. The Kier molecular flexibility index (Phi) is 4.47. The van der Waals surface area contributed by atoms with Gasteiger partial charge in [-0.2, -0.15) is 10.1 Å². The molecule has 28 heavy (non-hydrogen) atoms. The lowest BCUT2D eigenvalue weighted by Gasteiger charge is -2.34. The van der Waals surface area contributed by atoms with Crippen LogP contribution in [-0.2, 0) is 5.54 Å². The molecule has 0 saturated heterocycles. The third-order valence-electron chi connectivity index (χ3n) is 5.18. The normalized spacial score (nSPS) is 15.6. The third-order valence-corrected chi connectivity index (χ3v) is 5.18. The number of hydrogen-bond donors (Lipinski definition) is 1. The summed E-state index contributed by atoms with van der Waals surface area (Å²) in [5.41, 5.74) is 8.10. The van der Waals surface area contributed by atoms with E-state index in [0.29, 0.717) is 23.2 Å². The maximum absolute atomic E-state index is 6.35. The number of fused-ring (bicyclic) bond motifs is 1. The fourth-order valence-corrected chi connectivity index (χ4v) is 3.44. The van der Waals surface area contributed by atoms with Gasteiger partial charge in [0.25, 0.3) is 5.89 Å². The summed E-state index contributed by atoms with van der Waals surface area (Å²) in [6.45, 7) is 4.12. The minimum Gasteiger partial charge on any atom is -0.463 e. The van der Waals surface area contributed by atoms with Crippen molar-refractivity contribution >= 4 is 23.4 Å². The van der Waals surface area contributed by atoms with Crippen molar-refractivity contribution in [3.63, 3.8) is 0 Å². The zero-order chi connectivity index (χ0) is 18.6. The number of aromatic nitrogens is 5. The molecular weight excluding hydrogens is 380 g/mol. The first kappa shape index (κ1) is 18.6. The van der Waals surface area contributed by atoms with Gasteiger partial charge in [-0.25, -0.2) is 9.67 Å². The highest BCUT2D eigenvalue weighted by Gasteiger charge is 2.39. The molecule has 0 unspecified atom stereocenters. The zero-order valence-electron chi connectivity index (χ0n) is 15.6. The standard InChI is InChI=1S/C19H20N6O2.ClH/c1-11(2)25-16-13(10-21-25)12(9-14(22-16)15-5-3-8-26-15)17-23-18(24-27-17)19(20)6-4-7-19;/h3,5,8-11H,4,6-7,20H2,1-2H3;1H. The molecule has 4 heterocycles. The first-order valence-corrected chi connectivity index (χ1v) is 9.11. The van der Waals surface area contributed by atoms with Gasteiger partial charge >= 0.3 is 0 Å². The summed E-state index contributed by atoms with van der Waals surface area (Å²) < 4.78 is 13.0. The van der Waals surface area contributed by atoms with Crippen molar-refractivity contribution in [3.05, 3.63) is 36.5 Å². The smallest absolute Gasteiger partial charge is 0.258 e. The van der Waals surface area contributed by atoms with E-state index in [4.69, 9.17) is 19.7 Å². The molecule has 1 aliphatic rings. The number of nitrogens with two attached hydrogens (primary N) is 1. The Morgan fingerprint density at radius 2 is 2.07 bits per heavy atom. The first-order chi connectivity index (χ1) is 13.0. The van der Waals surface area contributed by atoms with Gasteiger partial charge in [-0.05, 0) is 51.3 Å². The summed E-state index contributed by atoms with van der Waals surface area (Å²) in [4.78, 5) is 9.36. The van der Waals surface area contributed by atoms with E-state index < -0.39 is 5.54 Å². The average Bonchev–Trinajstić information content (AvgIpc) is 3.38. The quantitative estimate of drug-likeness (QED) is 0.549. The molecule has 5 rings (SSSR count). The molecule has 1 aliphatic carbocycles. The van der Waals surface area contributed by atoms with E-state index >= 15 is 0 Å². The molecule has 0 atom stereocenters. The second-order valence-corrected chi connectivity index (χ2v) is 7.39. The molecule has 0 bridgehead atoms. The van der Waals surface area contributed by atoms with Gasteiger partial charge in [0, 0.05) is 6.04 Å². The monoisotopic (exact) mass is 400 g/mol. The van der Waals surface area contributed by atoms with Crippen LogP contribution < -0.4 is 5.73 Å². The van der Waals surface area contributed by atoms with Gasteiger partial charge < -0.3 is 14.7 Å². The zero-order valence-corrected chi connectivity index (χ0v) is 16.4. The van der Waals surface area contributed by atoms with Crippen LogP contribution in [0.5, 0.6) is 0 Å². The van der Waals surface area contributed by atoms with Crippen molar-refractivity contribution < 1.29 is 8.94 Å². The molecule has 1 fully saturated rings. The van der Waals surface area contributed by atoms with E-state index in [-0.39, 0.29) is 18.4 Å². The van der Waals surface area contributed by atoms with Crippen molar-refractivity contribution in [2.45, 2.75) is 44.7 Å². The Bertz CT molecular complexity index is 1110. The lowest BCUT2D eigenvalue weighted by atomic mass is 9.77. The summed E-state index contributed by atoms with van der Waals surface area (Å²) in [5, 5.41) is 9.50. The first-order valence-electron chi connectivity index (χ1n) is 9.11. The maximum atomic E-state index is 6.35. The Morgan fingerprint density at radius 3 is 2.71 bits per heavy atom. The SMILES string of the molecule is CC(C)n1ncc2c(-c3nc(C4(N)CCC4)no3)cc(-c3ccco3)nc21.Cl. The number of furan rings is 1. The lowest BCUT2D eigenvalue weighted by molar-refractivity contribution is 0.229. The average molecular weight is 401 g/mol. The summed E-state index contributed by atoms with van der Waals surface area (Å²) in [6.07, 6.45) is 6.25. The highest BCUT2D eigenvalue weighted by molar-refractivity contribution is 5.92. The number of rotatable bonds is 4. The van der Waals surface area contributed by atoms with E-state index in [1.54, 1.807) is 12.5 Å². The summed E-state index contributed by atoms with van der Waals surface area (Å²) in [5.74, 6) is 1.65. The molecule has 9 heteroatoms. The molecule has 0 amide bonds. The van der Waals surface area contributed by atoms with Crippen LogP contribution in [0.3, 0.4) is 0 Å². The summed E-state index contributed by atoms with van der Waals surface area (Å²) >= 11 is 0. The Morgan fingerprint density at radius 1 is 1.25 bits per heavy atom. The minimum atomic E-state index is -0.472. The maximum Gasteiger partial charge on any atom is 0.258 e. The topological polar surface area (TPSA) is 109 Å². The van der Waals surface area contributed by atoms with Crippen molar-refractivity contribution in [1.82, 2.24) is 24.9 Å². The Labute approximate surface area is 167 Å². The number of pyridine rings is 1. The molecule has 0 aliphatic heterocycles. The summed E-state index contributed by atoms with van der Waals surface area (Å²) in [7, 11) is 0. The fourth-order valence-electron chi connectivity index (χ4n) is 3.44. The number of halogens is 1. The molecule has 8 nitrogen and oxygen atoms in total. The number of nitrogens with zero attached hydrogens (tertiary/aromatic N) is 5.